The molecule has 0 bridgehead atoms. The summed E-state index contributed by atoms with van der Waals surface area (Å²) in [6, 6.07) is 5.51. The third-order valence-electron chi connectivity index (χ3n) is 4.33. The van der Waals surface area contributed by atoms with E-state index in [0.29, 0.717) is 46.8 Å². The fourth-order valence-corrected chi connectivity index (χ4v) is 2.93. The lowest BCUT2D eigenvalue weighted by Gasteiger charge is -2.16. The summed E-state index contributed by atoms with van der Waals surface area (Å²) in [7, 11) is 0. The van der Waals surface area contributed by atoms with Crippen LogP contribution >= 0.6 is 0 Å². The number of aromatic nitrogens is 4. The summed E-state index contributed by atoms with van der Waals surface area (Å²) in [5, 5.41) is 24.0. The molecular formula is C20H23FN10. The van der Waals surface area contributed by atoms with Gasteiger partial charge in [-0.3, -0.25) is 4.39 Å². The van der Waals surface area contributed by atoms with Crippen molar-refractivity contribution >= 4 is 28.2 Å². The molecule has 0 aliphatic carbocycles. The first kappa shape index (κ1) is 21.6. The van der Waals surface area contributed by atoms with E-state index in [4.69, 9.17) is 16.5 Å². The Hall–Kier alpha value is -4.07. The number of hydrogen-bond acceptors (Lipinski definition) is 9. The minimum Gasteiger partial charge on any atom is -0.389 e. The fraction of sp³-hybridized carbons (Fsp3) is 0.300. The highest BCUT2D eigenvalue weighted by atomic mass is 19.1. The number of halogens is 1. The van der Waals surface area contributed by atoms with Crippen LogP contribution in [-0.2, 0) is 0 Å². The van der Waals surface area contributed by atoms with E-state index in [9.17, 15) is 4.39 Å². The summed E-state index contributed by atoms with van der Waals surface area (Å²) in [5.41, 5.74) is 15.8. The molecule has 3 rings (SSSR count). The summed E-state index contributed by atoms with van der Waals surface area (Å²) in [6.07, 6.45) is 5.11. The van der Waals surface area contributed by atoms with Crippen molar-refractivity contribution in [2.24, 2.45) is 5.11 Å². The van der Waals surface area contributed by atoms with Crippen LogP contribution in [0.5, 0.6) is 0 Å². The minimum atomic E-state index is -0.420. The van der Waals surface area contributed by atoms with Crippen LogP contribution in [-0.4, -0.2) is 39.0 Å². The molecule has 3 heterocycles. The predicted octanol–water partition coefficient (Wildman–Crippen LogP) is 3.37. The number of rotatable bonds is 9. The van der Waals surface area contributed by atoms with Crippen LogP contribution in [0.2, 0.25) is 0 Å². The Bertz CT molecular complexity index is 1160. The van der Waals surface area contributed by atoms with Gasteiger partial charge in [-0.05, 0) is 26.3 Å². The SMILES string of the molecule is CC(C)Nc1cc(-n2ncc3cc(C#N)c(N)nc32)ncc1/C(=C/NCCCF)N=N. The first-order valence-corrected chi connectivity index (χ1v) is 9.67. The van der Waals surface area contributed by atoms with Crippen LogP contribution in [0.4, 0.5) is 15.9 Å². The number of nitrogen functional groups attached to an aromatic ring is 1. The Morgan fingerprint density at radius 3 is 2.90 bits per heavy atom. The monoisotopic (exact) mass is 422 g/mol. The van der Waals surface area contributed by atoms with Crippen LogP contribution in [0.1, 0.15) is 31.4 Å². The summed E-state index contributed by atoms with van der Waals surface area (Å²) in [6.45, 7) is 3.99. The van der Waals surface area contributed by atoms with Gasteiger partial charge in [0.05, 0.1) is 18.4 Å². The first-order valence-electron chi connectivity index (χ1n) is 9.67. The van der Waals surface area contributed by atoms with Crippen molar-refractivity contribution in [2.45, 2.75) is 26.3 Å². The van der Waals surface area contributed by atoms with Gasteiger partial charge in [-0.15, -0.1) is 0 Å². The summed E-state index contributed by atoms with van der Waals surface area (Å²) < 4.78 is 13.8. The normalized spacial score (nSPS) is 11.5. The number of hydrogen-bond donors (Lipinski definition) is 4. The number of anilines is 2. The molecule has 31 heavy (non-hydrogen) atoms. The summed E-state index contributed by atoms with van der Waals surface area (Å²) >= 11 is 0. The van der Waals surface area contributed by atoms with E-state index in [0.717, 1.165) is 0 Å². The Morgan fingerprint density at radius 1 is 1.42 bits per heavy atom. The van der Waals surface area contributed by atoms with Gasteiger partial charge in [-0.25, -0.2) is 15.5 Å². The van der Waals surface area contributed by atoms with E-state index < -0.39 is 6.67 Å². The van der Waals surface area contributed by atoms with Gasteiger partial charge < -0.3 is 16.4 Å². The molecule has 0 spiro atoms. The highest BCUT2D eigenvalue weighted by Crippen LogP contribution is 2.28. The Balaban J connectivity index is 2.06. The van der Waals surface area contributed by atoms with Crippen LogP contribution in [0.25, 0.3) is 22.5 Å². The zero-order valence-electron chi connectivity index (χ0n) is 17.2. The zero-order valence-corrected chi connectivity index (χ0v) is 17.2. The van der Waals surface area contributed by atoms with Gasteiger partial charge in [-0.1, -0.05) is 0 Å². The van der Waals surface area contributed by atoms with Crippen LogP contribution in [0.3, 0.4) is 0 Å². The van der Waals surface area contributed by atoms with Gasteiger partial charge in [0.2, 0.25) is 0 Å². The van der Waals surface area contributed by atoms with E-state index in [1.165, 1.54) is 4.68 Å². The molecule has 0 saturated carbocycles. The molecule has 3 aromatic rings. The van der Waals surface area contributed by atoms with Crippen molar-refractivity contribution in [1.82, 2.24) is 25.1 Å². The second-order valence-corrected chi connectivity index (χ2v) is 7.03. The molecule has 11 heteroatoms. The zero-order chi connectivity index (χ0) is 22.4. The number of nitriles is 1. The molecule has 0 saturated heterocycles. The maximum Gasteiger partial charge on any atom is 0.167 e. The Morgan fingerprint density at radius 2 is 2.23 bits per heavy atom. The lowest BCUT2D eigenvalue weighted by atomic mass is 10.1. The third kappa shape index (κ3) is 4.75. The molecular weight excluding hydrogens is 399 g/mol. The van der Waals surface area contributed by atoms with E-state index in [2.05, 4.69) is 30.8 Å². The van der Waals surface area contributed by atoms with Crippen LogP contribution in [0.15, 0.2) is 35.8 Å². The second kappa shape index (κ2) is 9.62. The average Bonchev–Trinajstić information content (AvgIpc) is 3.15. The van der Waals surface area contributed by atoms with Crippen molar-refractivity contribution in [1.29, 1.82) is 10.8 Å². The lowest BCUT2D eigenvalue weighted by molar-refractivity contribution is 0.469. The maximum atomic E-state index is 12.3. The largest absolute Gasteiger partial charge is 0.389 e. The second-order valence-electron chi connectivity index (χ2n) is 7.03. The number of nitrogens with one attached hydrogen (secondary N) is 3. The highest BCUT2D eigenvalue weighted by Gasteiger charge is 2.15. The summed E-state index contributed by atoms with van der Waals surface area (Å²) in [5.74, 6) is 0.597. The fourth-order valence-electron chi connectivity index (χ4n) is 2.93. The Labute approximate surface area is 178 Å². The standard InChI is InChI=1S/C20H23FN10/c1-12(2)28-16-7-18(26-10-15(16)17(30-24)11-25-5-3-4-21)31-20-14(9-27-31)6-13(8-22)19(23)29-20/h6-7,9-12,24-25H,3-5H2,1-2H3,(H2,23,29)(H,26,28)/b17-11-,30-24?. The number of nitrogens with two attached hydrogens (primary N) is 1. The number of alkyl halides is 1. The quantitative estimate of drug-likeness (QED) is 0.304. The van der Waals surface area contributed by atoms with Gasteiger partial charge in [0.15, 0.2) is 11.5 Å². The first-order chi connectivity index (χ1) is 15.0. The van der Waals surface area contributed by atoms with Crippen molar-refractivity contribution in [3.63, 3.8) is 0 Å². The van der Waals surface area contributed by atoms with Gasteiger partial charge >= 0.3 is 0 Å². The van der Waals surface area contributed by atoms with E-state index in [-0.39, 0.29) is 17.4 Å². The van der Waals surface area contributed by atoms with Gasteiger partial charge in [0, 0.05) is 47.7 Å². The lowest BCUT2D eigenvalue weighted by Crippen LogP contribution is -2.14. The molecule has 0 aliphatic heterocycles. The molecule has 0 unspecified atom stereocenters. The number of pyridine rings is 2. The molecule has 0 radical (unpaired) electrons. The van der Waals surface area contributed by atoms with Crippen molar-refractivity contribution < 1.29 is 4.39 Å². The molecule has 0 atom stereocenters. The number of nitrogens with zero attached hydrogens (tertiary/aromatic N) is 6. The van der Waals surface area contributed by atoms with Gasteiger partial charge in [0.1, 0.15) is 17.6 Å². The van der Waals surface area contributed by atoms with Crippen molar-refractivity contribution in [3.8, 4) is 11.9 Å². The third-order valence-corrected chi connectivity index (χ3v) is 4.33. The molecule has 0 fully saturated rings. The molecule has 160 valence electrons. The van der Waals surface area contributed by atoms with E-state index in [1.54, 1.807) is 30.7 Å². The number of fused-ring (bicyclic) bond motifs is 1. The highest BCUT2D eigenvalue weighted by molar-refractivity contribution is 5.81. The Kier molecular flexibility index (Phi) is 6.71. The van der Waals surface area contributed by atoms with Crippen molar-refractivity contribution in [2.75, 3.05) is 24.3 Å². The molecule has 0 amide bonds. The predicted molar refractivity (Wildman–Crippen MR) is 116 cm³/mol. The van der Waals surface area contributed by atoms with Gasteiger partial charge in [-0.2, -0.15) is 20.2 Å². The van der Waals surface area contributed by atoms with E-state index in [1.807, 2.05) is 19.9 Å². The van der Waals surface area contributed by atoms with Crippen molar-refractivity contribution in [3.05, 3.63) is 41.9 Å². The maximum absolute atomic E-state index is 12.3. The van der Waals surface area contributed by atoms with Gasteiger partial charge in [0.25, 0.3) is 0 Å². The minimum absolute atomic E-state index is 0.0989. The smallest absolute Gasteiger partial charge is 0.167 e. The van der Waals surface area contributed by atoms with Crippen LogP contribution < -0.4 is 16.4 Å². The average molecular weight is 422 g/mol. The summed E-state index contributed by atoms with van der Waals surface area (Å²) in [4.78, 5) is 8.77. The molecule has 10 nitrogen and oxygen atoms in total. The van der Waals surface area contributed by atoms with Crippen LogP contribution in [0, 0.1) is 16.9 Å². The molecule has 0 aliphatic rings. The molecule has 0 aromatic carbocycles. The van der Waals surface area contributed by atoms with E-state index >= 15 is 0 Å². The molecule has 5 N–H and O–H groups in total. The topological polar surface area (TPSA) is 154 Å². The molecule has 3 aromatic heterocycles.